The summed E-state index contributed by atoms with van der Waals surface area (Å²) in [6.07, 6.45) is 2.60. The van der Waals surface area contributed by atoms with Crippen LogP contribution in [0.2, 0.25) is 0 Å². The molecule has 3 heterocycles. The van der Waals surface area contributed by atoms with E-state index in [1.165, 1.54) is 5.06 Å². The molecule has 35 heavy (non-hydrogen) atoms. The van der Waals surface area contributed by atoms with Crippen molar-refractivity contribution in [1.29, 1.82) is 5.26 Å². The lowest BCUT2D eigenvalue weighted by Crippen LogP contribution is -2.22. The summed E-state index contributed by atoms with van der Waals surface area (Å²) in [7, 11) is 0. The van der Waals surface area contributed by atoms with Crippen molar-refractivity contribution >= 4 is 11.7 Å². The van der Waals surface area contributed by atoms with E-state index < -0.39 is 0 Å². The van der Waals surface area contributed by atoms with Gasteiger partial charge in [0.05, 0.1) is 29.3 Å². The summed E-state index contributed by atoms with van der Waals surface area (Å²) in [6.45, 7) is 7.84. The molecule has 0 atom stereocenters. The van der Waals surface area contributed by atoms with Gasteiger partial charge >= 0.3 is 0 Å². The van der Waals surface area contributed by atoms with Crippen molar-refractivity contribution in [1.82, 2.24) is 10.0 Å². The van der Waals surface area contributed by atoms with Crippen molar-refractivity contribution in [3.05, 3.63) is 109 Å². The fraction of sp³-hybridized carbons (Fsp3) is 0.0690. The number of carbonyl (C=O) groups is 1. The van der Waals surface area contributed by atoms with Crippen molar-refractivity contribution in [2.45, 2.75) is 12.8 Å². The molecule has 0 radical (unpaired) electrons. The maximum Gasteiger partial charge on any atom is 0.260 e. The van der Waals surface area contributed by atoms with Crippen molar-refractivity contribution in [3.8, 4) is 39.9 Å². The molecule has 1 amide bonds. The van der Waals surface area contributed by atoms with E-state index in [2.05, 4.69) is 19.2 Å². The van der Waals surface area contributed by atoms with Crippen LogP contribution in [0.25, 0.3) is 39.6 Å². The first-order valence-corrected chi connectivity index (χ1v) is 11.1. The molecule has 4 aromatic rings. The molecule has 1 saturated heterocycles. The van der Waals surface area contributed by atoms with Gasteiger partial charge < -0.3 is 9.25 Å². The normalized spacial score (nSPS) is 13.1. The summed E-state index contributed by atoms with van der Waals surface area (Å²) in [5.41, 5.74) is 6.26. The molecule has 6 nitrogen and oxygen atoms in total. The molecule has 6 heteroatoms. The van der Waals surface area contributed by atoms with Crippen LogP contribution < -0.4 is 0 Å². The average molecular weight is 460 g/mol. The summed E-state index contributed by atoms with van der Waals surface area (Å²) in [4.78, 5) is 22.4. The van der Waals surface area contributed by atoms with Gasteiger partial charge in [-0.3, -0.25) is 4.79 Å². The van der Waals surface area contributed by atoms with Gasteiger partial charge in [-0.1, -0.05) is 49.6 Å². The van der Waals surface area contributed by atoms with Gasteiger partial charge in [-0.2, -0.15) is 5.26 Å². The molecule has 0 saturated carbocycles. The van der Waals surface area contributed by atoms with E-state index >= 15 is 0 Å². The topological polar surface area (TPSA) is 79.4 Å². The molecule has 170 valence electrons. The minimum Gasteiger partial charge on any atom is -0.463 e. The number of nitriles is 1. The zero-order valence-electron chi connectivity index (χ0n) is 18.9. The van der Waals surface area contributed by atoms with E-state index in [4.69, 9.17) is 19.5 Å². The highest BCUT2D eigenvalue weighted by Crippen LogP contribution is 2.32. The van der Waals surface area contributed by atoms with Crippen molar-refractivity contribution in [3.63, 3.8) is 0 Å². The Bertz CT molecular complexity index is 1450. The van der Waals surface area contributed by atoms with E-state index in [1.54, 1.807) is 18.4 Å². The predicted molar refractivity (Wildman–Crippen MR) is 133 cm³/mol. The second-order valence-electron chi connectivity index (χ2n) is 8.14. The molecule has 0 unspecified atom stereocenters. The summed E-state index contributed by atoms with van der Waals surface area (Å²) in [5.74, 6) is 0.915. The van der Waals surface area contributed by atoms with Gasteiger partial charge in [-0.25, -0.2) is 4.98 Å². The molecule has 0 aliphatic carbocycles. The molecule has 0 spiro atoms. The number of nitrogens with zero attached hydrogens (tertiary/aromatic N) is 3. The van der Waals surface area contributed by atoms with Crippen LogP contribution >= 0.6 is 0 Å². The largest absolute Gasteiger partial charge is 0.463 e. The van der Waals surface area contributed by atoms with Crippen LogP contribution in [0.1, 0.15) is 24.0 Å². The average Bonchev–Trinajstić information content (AvgIpc) is 3.55. The second kappa shape index (κ2) is 9.16. The van der Waals surface area contributed by atoms with E-state index in [-0.39, 0.29) is 5.91 Å². The lowest BCUT2D eigenvalue weighted by Gasteiger charge is -2.19. The lowest BCUT2D eigenvalue weighted by molar-refractivity contribution is -0.150. The van der Waals surface area contributed by atoms with Crippen LogP contribution in [0.4, 0.5) is 0 Å². The number of allylic oxidation sites excluding steroid dienone is 1. The quantitative estimate of drug-likeness (QED) is 0.304. The van der Waals surface area contributed by atoms with E-state index in [0.717, 1.165) is 27.9 Å². The predicted octanol–water partition coefficient (Wildman–Crippen LogP) is 6.59. The molecular formula is C29H21N3O3. The fourth-order valence-electron chi connectivity index (χ4n) is 3.87. The number of rotatable bonds is 6. The van der Waals surface area contributed by atoms with E-state index in [9.17, 15) is 4.79 Å². The highest BCUT2D eigenvalue weighted by Gasteiger charge is 2.27. The Morgan fingerprint density at radius 1 is 0.971 bits per heavy atom. The molecule has 1 aliphatic heterocycles. The number of hydrogen-bond donors (Lipinski definition) is 0. The Labute approximate surface area is 203 Å². The Hall–Kier alpha value is -4.89. The Morgan fingerprint density at radius 2 is 1.69 bits per heavy atom. The Balaban J connectivity index is 1.47. The molecule has 1 aliphatic rings. The maximum atomic E-state index is 12.0. The van der Waals surface area contributed by atoms with Gasteiger partial charge in [-0.05, 0) is 53.9 Å². The number of hydroxylamine groups is 2. The van der Waals surface area contributed by atoms with Gasteiger partial charge in [0.2, 0.25) is 0 Å². The molecular weight excluding hydrogens is 438 g/mol. The third kappa shape index (κ3) is 4.48. The van der Waals surface area contributed by atoms with Gasteiger partial charge in [0, 0.05) is 17.5 Å². The minimum absolute atomic E-state index is 0.120. The monoisotopic (exact) mass is 459 g/mol. The van der Waals surface area contributed by atoms with Crippen molar-refractivity contribution in [2.75, 3.05) is 0 Å². The highest BCUT2D eigenvalue weighted by atomic mass is 16.7. The van der Waals surface area contributed by atoms with Crippen LogP contribution in [0.3, 0.4) is 0 Å². The Kier molecular flexibility index (Phi) is 5.74. The highest BCUT2D eigenvalue weighted by molar-refractivity contribution is 5.81. The summed E-state index contributed by atoms with van der Waals surface area (Å²) < 4.78 is 5.60. The zero-order chi connectivity index (χ0) is 24.4. The molecule has 2 aromatic heterocycles. The maximum absolute atomic E-state index is 12.0. The second-order valence-corrected chi connectivity index (χ2v) is 8.14. The molecule has 2 aromatic carbocycles. The standard InChI is InChI=1S/C29H21N3O3/c1-19-5-14-29(33)32(19)35-20(2)22-10-12-23(13-11-22)25-16-26(24-8-6-21(18-30)7-9-24)31-27(17-25)28-4-3-15-34-28/h3-4,6-13,15-17H,1-2,5,14H2. The zero-order valence-corrected chi connectivity index (χ0v) is 18.9. The third-order valence-corrected chi connectivity index (χ3v) is 5.79. The first-order valence-electron chi connectivity index (χ1n) is 11.1. The summed E-state index contributed by atoms with van der Waals surface area (Å²) >= 11 is 0. The van der Waals surface area contributed by atoms with Gasteiger partial charge in [0.1, 0.15) is 5.69 Å². The molecule has 5 rings (SSSR count). The first kappa shape index (κ1) is 21.9. The van der Waals surface area contributed by atoms with Gasteiger partial charge in [0.15, 0.2) is 11.5 Å². The van der Waals surface area contributed by atoms with Crippen molar-refractivity contribution in [2.24, 2.45) is 0 Å². The third-order valence-electron chi connectivity index (χ3n) is 5.79. The number of furan rings is 1. The van der Waals surface area contributed by atoms with E-state index in [1.807, 2.05) is 60.7 Å². The first-order chi connectivity index (χ1) is 17.0. The molecule has 0 bridgehead atoms. The van der Waals surface area contributed by atoms with Crippen LogP contribution in [-0.2, 0) is 9.63 Å². The summed E-state index contributed by atoms with van der Waals surface area (Å²) in [5, 5.41) is 10.3. The molecule has 0 N–H and O–H groups in total. The number of carbonyl (C=O) groups excluding carboxylic acids is 1. The number of pyridine rings is 1. The van der Waals surface area contributed by atoms with Crippen LogP contribution in [0, 0.1) is 11.3 Å². The summed E-state index contributed by atoms with van der Waals surface area (Å²) in [6, 6.07) is 24.8. The number of amides is 1. The number of aromatic nitrogens is 1. The van der Waals surface area contributed by atoms with Crippen LogP contribution in [0.15, 0.2) is 102 Å². The van der Waals surface area contributed by atoms with E-state index in [0.29, 0.717) is 41.3 Å². The van der Waals surface area contributed by atoms with Crippen LogP contribution in [0.5, 0.6) is 0 Å². The number of benzene rings is 2. The molecule has 1 fully saturated rings. The minimum atomic E-state index is -0.120. The Morgan fingerprint density at radius 3 is 2.31 bits per heavy atom. The van der Waals surface area contributed by atoms with Crippen LogP contribution in [-0.4, -0.2) is 16.0 Å². The SMILES string of the molecule is C=C(ON1C(=C)CCC1=O)c1ccc(-c2cc(-c3ccc(C#N)cc3)nc(-c3ccco3)c2)cc1. The van der Waals surface area contributed by atoms with Gasteiger partial charge in [0.25, 0.3) is 5.91 Å². The lowest BCUT2D eigenvalue weighted by atomic mass is 10.00. The van der Waals surface area contributed by atoms with Crippen molar-refractivity contribution < 1.29 is 14.0 Å². The smallest absolute Gasteiger partial charge is 0.260 e. The van der Waals surface area contributed by atoms with Gasteiger partial charge in [-0.15, -0.1) is 5.06 Å². The number of hydrogen-bond acceptors (Lipinski definition) is 5. The fourth-order valence-corrected chi connectivity index (χ4v) is 3.87.